The van der Waals surface area contributed by atoms with Gasteiger partial charge in [0.05, 0.1) is 30.7 Å². The fourth-order valence-corrected chi connectivity index (χ4v) is 3.88. The van der Waals surface area contributed by atoms with Gasteiger partial charge in [-0.05, 0) is 42.5 Å². The Morgan fingerprint density at radius 2 is 1.84 bits per heavy atom. The van der Waals surface area contributed by atoms with Crippen molar-refractivity contribution in [2.45, 2.75) is 24.2 Å². The lowest BCUT2D eigenvalue weighted by atomic mass is 10.1. The standard InChI is InChI=1S/C19H20ClNO3S/c1-23-17-9-15(20)16(10-18(17)24-2)21-19(22)11-25-14-7-6-12-4-3-5-13(12)8-14/h6-10H,3-5,11H2,1-2H3,(H,21,22). The number of hydrogen-bond donors (Lipinski definition) is 1. The second-order valence-corrected chi connectivity index (χ2v) is 7.26. The minimum Gasteiger partial charge on any atom is -0.493 e. The highest BCUT2D eigenvalue weighted by atomic mass is 35.5. The molecule has 2 aromatic rings. The van der Waals surface area contributed by atoms with Crippen molar-refractivity contribution < 1.29 is 14.3 Å². The van der Waals surface area contributed by atoms with Gasteiger partial charge in [0.25, 0.3) is 0 Å². The van der Waals surface area contributed by atoms with Crippen molar-refractivity contribution in [1.82, 2.24) is 0 Å². The van der Waals surface area contributed by atoms with Crippen molar-refractivity contribution in [3.05, 3.63) is 46.5 Å². The Morgan fingerprint density at radius 1 is 1.12 bits per heavy atom. The van der Waals surface area contributed by atoms with E-state index in [-0.39, 0.29) is 5.91 Å². The zero-order chi connectivity index (χ0) is 17.8. The van der Waals surface area contributed by atoms with E-state index in [0.717, 1.165) is 11.3 Å². The maximum absolute atomic E-state index is 12.3. The molecule has 0 unspecified atom stereocenters. The third-order valence-electron chi connectivity index (χ3n) is 4.19. The molecule has 4 nitrogen and oxygen atoms in total. The molecule has 1 aliphatic carbocycles. The summed E-state index contributed by atoms with van der Waals surface area (Å²) < 4.78 is 10.4. The smallest absolute Gasteiger partial charge is 0.234 e. The summed E-state index contributed by atoms with van der Waals surface area (Å²) in [5, 5.41) is 3.24. The Balaban J connectivity index is 1.63. The number of ether oxygens (including phenoxy) is 2. The molecule has 0 heterocycles. The van der Waals surface area contributed by atoms with E-state index in [9.17, 15) is 4.79 Å². The van der Waals surface area contributed by atoms with Gasteiger partial charge >= 0.3 is 0 Å². The van der Waals surface area contributed by atoms with Gasteiger partial charge < -0.3 is 14.8 Å². The number of hydrogen-bond acceptors (Lipinski definition) is 4. The Labute approximate surface area is 156 Å². The Bertz CT molecular complexity index is 794. The van der Waals surface area contributed by atoms with E-state index in [0.29, 0.717) is 28.0 Å². The summed E-state index contributed by atoms with van der Waals surface area (Å²) in [7, 11) is 3.08. The highest BCUT2D eigenvalue weighted by molar-refractivity contribution is 8.00. The summed E-state index contributed by atoms with van der Waals surface area (Å²) in [5.74, 6) is 1.26. The zero-order valence-electron chi connectivity index (χ0n) is 14.2. The van der Waals surface area contributed by atoms with Crippen LogP contribution in [0.5, 0.6) is 11.5 Å². The number of methoxy groups -OCH3 is 2. The molecule has 25 heavy (non-hydrogen) atoms. The van der Waals surface area contributed by atoms with E-state index >= 15 is 0 Å². The van der Waals surface area contributed by atoms with Gasteiger partial charge in [-0.3, -0.25) is 4.79 Å². The van der Waals surface area contributed by atoms with Crippen molar-refractivity contribution in [1.29, 1.82) is 0 Å². The number of carbonyl (C=O) groups excluding carboxylic acids is 1. The van der Waals surface area contributed by atoms with Crippen LogP contribution in [0.4, 0.5) is 5.69 Å². The van der Waals surface area contributed by atoms with Crippen molar-refractivity contribution >= 4 is 35.0 Å². The molecule has 1 N–H and O–H groups in total. The third-order valence-corrected chi connectivity index (χ3v) is 5.49. The van der Waals surface area contributed by atoms with Crippen LogP contribution in [0.2, 0.25) is 5.02 Å². The number of amides is 1. The average molecular weight is 378 g/mol. The van der Waals surface area contributed by atoms with E-state index < -0.39 is 0 Å². The van der Waals surface area contributed by atoms with Crippen LogP contribution in [0.3, 0.4) is 0 Å². The first-order valence-electron chi connectivity index (χ1n) is 8.06. The fourth-order valence-electron chi connectivity index (χ4n) is 2.92. The summed E-state index contributed by atoms with van der Waals surface area (Å²) in [6.45, 7) is 0. The molecule has 0 aromatic heterocycles. The van der Waals surface area contributed by atoms with Gasteiger partial charge in [0.1, 0.15) is 0 Å². The highest BCUT2D eigenvalue weighted by Gasteiger charge is 2.14. The lowest BCUT2D eigenvalue weighted by Gasteiger charge is -2.12. The number of aryl methyl sites for hydroxylation is 2. The van der Waals surface area contributed by atoms with E-state index in [2.05, 4.69) is 23.5 Å². The highest BCUT2D eigenvalue weighted by Crippen LogP contribution is 2.36. The SMILES string of the molecule is COc1cc(Cl)c(NC(=O)CSc2ccc3c(c2)CCC3)cc1OC. The number of thioether (sulfide) groups is 1. The number of rotatable bonds is 6. The van der Waals surface area contributed by atoms with Crippen LogP contribution in [0.15, 0.2) is 35.2 Å². The number of nitrogens with one attached hydrogen (secondary N) is 1. The van der Waals surface area contributed by atoms with Gasteiger partial charge in [0.15, 0.2) is 11.5 Å². The average Bonchev–Trinajstić information content (AvgIpc) is 3.09. The van der Waals surface area contributed by atoms with Crippen molar-refractivity contribution in [2.24, 2.45) is 0 Å². The molecule has 0 aliphatic heterocycles. The van der Waals surface area contributed by atoms with Crippen molar-refractivity contribution in [3.8, 4) is 11.5 Å². The first kappa shape index (κ1) is 18.0. The van der Waals surface area contributed by atoms with Gasteiger partial charge in [0, 0.05) is 17.0 Å². The first-order valence-corrected chi connectivity index (χ1v) is 9.43. The van der Waals surface area contributed by atoms with Gasteiger partial charge in [-0.2, -0.15) is 0 Å². The molecule has 6 heteroatoms. The van der Waals surface area contributed by atoms with Gasteiger partial charge in [0.2, 0.25) is 5.91 Å². The summed E-state index contributed by atoms with van der Waals surface area (Å²) in [6.07, 6.45) is 3.53. The van der Waals surface area contributed by atoms with Crippen molar-refractivity contribution in [3.63, 3.8) is 0 Å². The summed E-state index contributed by atoms with van der Waals surface area (Å²) >= 11 is 7.73. The fraction of sp³-hybridized carbons (Fsp3) is 0.316. The molecule has 0 bridgehead atoms. The van der Waals surface area contributed by atoms with Crippen LogP contribution in [0.25, 0.3) is 0 Å². The zero-order valence-corrected chi connectivity index (χ0v) is 15.8. The quantitative estimate of drug-likeness (QED) is 0.749. The van der Waals surface area contributed by atoms with Crippen LogP contribution in [-0.2, 0) is 17.6 Å². The van der Waals surface area contributed by atoms with E-state index in [1.807, 2.05) is 0 Å². The molecule has 132 valence electrons. The summed E-state index contributed by atoms with van der Waals surface area (Å²) in [6, 6.07) is 9.76. The number of fused-ring (bicyclic) bond motifs is 1. The van der Waals surface area contributed by atoms with E-state index in [4.69, 9.17) is 21.1 Å². The first-order chi connectivity index (χ1) is 12.1. The number of benzene rings is 2. The minimum absolute atomic E-state index is 0.111. The minimum atomic E-state index is -0.111. The second kappa shape index (κ2) is 8.02. The monoisotopic (exact) mass is 377 g/mol. The normalized spacial score (nSPS) is 12.6. The van der Waals surface area contributed by atoms with Crippen molar-refractivity contribution in [2.75, 3.05) is 25.3 Å². The lowest BCUT2D eigenvalue weighted by Crippen LogP contribution is -2.14. The van der Waals surface area contributed by atoms with Gasteiger partial charge in [-0.15, -0.1) is 11.8 Å². The topological polar surface area (TPSA) is 47.6 Å². The largest absolute Gasteiger partial charge is 0.493 e. The Morgan fingerprint density at radius 3 is 2.60 bits per heavy atom. The lowest BCUT2D eigenvalue weighted by molar-refractivity contribution is -0.113. The molecule has 1 amide bonds. The van der Waals surface area contributed by atoms with Gasteiger partial charge in [-0.1, -0.05) is 17.7 Å². The Hall–Kier alpha value is -1.85. The molecule has 1 aliphatic rings. The van der Waals surface area contributed by atoms with Crippen LogP contribution >= 0.6 is 23.4 Å². The number of halogens is 1. The molecular formula is C19H20ClNO3S. The predicted molar refractivity (Wildman–Crippen MR) is 102 cm³/mol. The molecule has 3 rings (SSSR count). The Kier molecular flexibility index (Phi) is 5.76. The predicted octanol–water partition coefficient (Wildman–Crippen LogP) is 4.58. The molecule has 0 spiro atoms. The van der Waals surface area contributed by atoms with E-state index in [1.165, 1.54) is 35.7 Å². The van der Waals surface area contributed by atoms with Gasteiger partial charge in [-0.25, -0.2) is 0 Å². The molecule has 2 aromatic carbocycles. The molecular weight excluding hydrogens is 358 g/mol. The molecule has 0 saturated carbocycles. The van der Waals surface area contributed by atoms with Crippen LogP contribution in [0, 0.1) is 0 Å². The molecule has 0 radical (unpaired) electrons. The number of anilines is 1. The van der Waals surface area contributed by atoms with Crippen LogP contribution in [0.1, 0.15) is 17.5 Å². The maximum atomic E-state index is 12.3. The molecule has 0 saturated heterocycles. The molecule has 0 fully saturated rings. The summed E-state index contributed by atoms with van der Waals surface area (Å²) in [4.78, 5) is 13.4. The second-order valence-electron chi connectivity index (χ2n) is 5.81. The number of carbonyl (C=O) groups is 1. The maximum Gasteiger partial charge on any atom is 0.234 e. The van der Waals surface area contributed by atoms with E-state index in [1.54, 1.807) is 26.4 Å². The summed E-state index contributed by atoms with van der Waals surface area (Å²) in [5.41, 5.74) is 3.36. The molecule has 0 atom stereocenters. The van der Waals surface area contributed by atoms with Crippen LogP contribution < -0.4 is 14.8 Å². The van der Waals surface area contributed by atoms with Crippen LogP contribution in [-0.4, -0.2) is 25.9 Å². The third kappa shape index (κ3) is 4.22.